The number of ether oxygens (including phenoxy) is 1. The van der Waals surface area contributed by atoms with E-state index in [1.165, 1.54) is 7.11 Å². The standard InChI is InChI=1S/C13H19BrN2O3/c1-19-9-11(17)6-7-15-13(18)16-8-10-4-2-3-5-12(10)14/h2-5,11,17H,6-9H2,1H3,(H2,15,16,18). The number of urea groups is 1. The lowest BCUT2D eigenvalue weighted by Gasteiger charge is -2.11. The van der Waals surface area contributed by atoms with Gasteiger partial charge in [0.25, 0.3) is 0 Å². The molecule has 0 aliphatic heterocycles. The summed E-state index contributed by atoms with van der Waals surface area (Å²) in [5.41, 5.74) is 1.01. The highest BCUT2D eigenvalue weighted by atomic mass is 79.9. The van der Waals surface area contributed by atoms with Crippen LogP contribution in [0.25, 0.3) is 0 Å². The summed E-state index contributed by atoms with van der Waals surface area (Å²) in [6.45, 7) is 1.14. The number of methoxy groups -OCH3 is 1. The molecule has 0 saturated heterocycles. The lowest BCUT2D eigenvalue weighted by atomic mass is 10.2. The van der Waals surface area contributed by atoms with Gasteiger partial charge in [-0.05, 0) is 18.1 Å². The predicted octanol–water partition coefficient (Wildman–Crippen LogP) is 1.65. The average molecular weight is 331 g/mol. The van der Waals surface area contributed by atoms with Gasteiger partial charge < -0.3 is 20.5 Å². The van der Waals surface area contributed by atoms with Crippen LogP contribution in [0.2, 0.25) is 0 Å². The Bertz CT molecular complexity index is 401. The first-order chi connectivity index (χ1) is 9.13. The van der Waals surface area contributed by atoms with Crippen molar-refractivity contribution in [3.05, 3.63) is 34.3 Å². The summed E-state index contributed by atoms with van der Waals surface area (Å²) in [7, 11) is 1.53. The Labute approximate surface area is 121 Å². The van der Waals surface area contributed by atoms with Gasteiger partial charge in [-0.1, -0.05) is 34.1 Å². The van der Waals surface area contributed by atoms with E-state index in [4.69, 9.17) is 4.74 Å². The zero-order valence-electron chi connectivity index (χ0n) is 10.9. The number of halogens is 1. The van der Waals surface area contributed by atoms with E-state index in [9.17, 15) is 9.90 Å². The number of hydrogen-bond acceptors (Lipinski definition) is 3. The number of benzene rings is 1. The van der Waals surface area contributed by atoms with Crippen LogP contribution in [0.1, 0.15) is 12.0 Å². The SMILES string of the molecule is COCC(O)CCNC(=O)NCc1ccccc1Br. The summed E-state index contributed by atoms with van der Waals surface area (Å²) in [6, 6.07) is 7.45. The van der Waals surface area contributed by atoms with Crippen molar-refractivity contribution in [2.75, 3.05) is 20.3 Å². The van der Waals surface area contributed by atoms with Gasteiger partial charge in [0.1, 0.15) is 0 Å². The number of aliphatic hydroxyl groups excluding tert-OH is 1. The Hall–Kier alpha value is -1.11. The number of carbonyl (C=O) groups excluding carboxylic acids is 1. The van der Waals surface area contributed by atoms with Gasteiger partial charge in [0, 0.05) is 24.7 Å². The van der Waals surface area contributed by atoms with Crippen molar-refractivity contribution < 1.29 is 14.6 Å². The second-order valence-corrected chi connectivity index (χ2v) is 4.95. The minimum atomic E-state index is -0.548. The maximum absolute atomic E-state index is 11.5. The molecule has 0 saturated carbocycles. The van der Waals surface area contributed by atoms with Gasteiger partial charge in [0.2, 0.25) is 0 Å². The van der Waals surface area contributed by atoms with E-state index in [1.54, 1.807) is 0 Å². The third-order valence-corrected chi connectivity index (χ3v) is 3.29. The van der Waals surface area contributed by atoms with Gasteiger partial charge in [-0.2, -0.15) is 0 Å². The van der Waals surface area contributed by atoms with Crippen LogP contribution in [0.3, 0.4) is 0 Å². The molecule has 1 atom stereocenters. The molecule has 6 heteroatoms. The van der Waals surface area contributed by atoms with Crippen LogP contribution in [-0.2, 0) is 11.3 Å². The number of hydrogen-bond donors (Lipinski definition) is 3. The third kappa shape index (κ3) is 6.56. The molecular formula is C13H19BrN2O3. The summed E-state index contributed by atoms with van der Waals surface area (Å²) in [6.07, 6.45) is -0.0791. The van der Waals surface area contributed by atoms with Gasteiger partial charge in [-0.3, -0.25) is 0 Å². The molecule has 0 aromatic heterocycles. The molecule has 1 aromatic rings. The summed E-state index contributed by atoms with van der Waals surface area (Å²) in [5, 5.41) is 14.8. The number of rotatable bonds is 7. The van der Waals surface area contributed by atoms with Crippen molar-refractivity contribution in [1.82, 2.24) is 10.6 Å². The van der Waals surface area contributed by atoms with Crippen molar-refractivity contribution in [2.45, 2.75) is 19.1 Å². The molecule has 0 heterocycles. The van der Waals surface area contributed by atoms with Crippen LogP contribution in [0, 0.1) is 0 Å². The van der Waals surface area contributed by atoms with Gasteiger partial charge in [0.05, 0.1) is 12.7 Å². The second kappa shape index (κ2) is 8.90. The van der Waals surface area contributed by atoms with Crippen LogP contribution >= 0.6 is 15.9 Å². The van der Waals surface area contributed by atoms with E-state index < -0.39 is 6.10 Å². The predicted molar refractivity (Wildman–Crippen MR) is 76.9 cm³/mol. The first kappa shape index (κ1) is 15.9. The largest absolute Gasteiger partial charge is 0.391 e. The summed E-state index contributed by atoms with van der Waals surface area (Å²) < 4.78 is 5.76. The first-order valence-electron chi connectivity index (χ1n) is 6.05. The summed E-state index contributed by atoms with van der Waals surface area (Å²) in [4.78, 5) is 11.5. The highest BCUT2D eigenvalue weighted by Crippen LogP contribution is 2.15. The maximum Gasteiger partial charge on any atom is 0.315 e. The molecular weight excluding hydrogens is 312 g/mol. The molecule has 5 nitrogen and oxygen atoms in total. The molecule has 0 radical (unpaired) electrons. The Morgan fingerprint density at radius 3 is 2.84 bits per heavy atom. The summed E-state index contributed by atoms with van der Waals surface area (Å²) in [5.74, 6) is 0. The van der Waals surface area contributed by atoms with Crippen molar-refractivity contribution in [3.63, 3.8) is 0 Å². The molecule has 1 rings (SSSR count). The van der Waals surface area contributed by atoms with Gasteiger partial charge in [-0.15, -0.1) is 0 Å². The number of amides is 2. The van der Waals surface area contributed by atoms with Crippen LogP contribution in [0.15, 0.2) is 28.7 Å². The van der Waals surface area contributed by atoms with E-state index in [2.05, 4.69) is 26.6 Å². The zero-order valence-corrected chi connectivity index (χ0v) is 12.4. The van der Waals surface area contributed by atoms with Crippen molar-refractivity contribution >= 4 is 22.0 Å². The quantitative estimate of drug-likeness (QED) is 0.711. The van der Waals surface area contributed by atoms with Crippen LogP contribution in [-0.4, -0.2) is 37.5 Å². The molecule has 0 bridgehead atoms. The fourth-order valence-electron chi connectivity index (χ4n) is 1.51. The van der Waals surface area contributed by atoms with E-state index in [1.807, 2.05) is 24.3 Å². The Kier molecular flexibility index (Phi) is 7.47. The fourth-order valence-corrected chi connectivity index (χ4v) is 1.93. The van der Waals surface area contributed by atoms with Crippen LogP contribution < -0.4 is 10.6 Å². The lowest BCUT2D eigenvalue weighted by Crippen LogP contribution is -2.37. The molecule has 0 aliphatic rings. The minimum absolute atomic E-state index is 0.250. The number of nitrogens with one attached hydrogen (secondary N) is 2. The normalized spacial score (nSPS) is 11.9. The van der Waals surface area contributed by atoms with Crippen molar-refractivity contribution in [1.29, 1.82) is 0 Å². The molecule has 19 heavy (non-hydrogen) atoms. The maximum atomic E-state index is 11.5. The van der Waals surface area contributed by atoms with E-state index in [0.29, 0.717) is 19.5 Å². The molecule has 106 valence electrons. The average Bonchev–Trinajstić information content (AvgIpc) is 2.38. The summed E-state index contributed by atoms with van der Waals surface area (Å²) >= 11 is 3.42. The highest BCUT2D eigenvalue weighted by molar-refractivity contribution is 9.10. The second-order valence-electron chi connectivity index (χ2n) is 4.10. The zero-order chi connectivity index (χ0) is 14.1. The van der Waals surface area contributed by atoms with Crippen LogP contribution in [0.4, 0.5) is 4.79 Å². The topological polar surface area (TPSA) is 70.6 Å². The van der Waals surface area contributed by atoms with Gasteiger partial charge in [-0.25, -0.2) is 4.79 Å². The number of carbonyl (C=O) groups is 1. The van der Waals surface area contributed by atoms with E-state index in [-0.39, 0.29) is 12.6 Å². The van der Waals surface area contributed by atoms with Crippen molar-refractivity contribution in [2.24, 2.45) is 0 Å². The lowest BCUT2D eigenvalue weighted by molar-refractivity contribution is 0.0598. The van der Waals surface area contributed by atoms with E-state index >= 15 is 0 Å². The molecule has 1 unspecified atom stereocenters. The van der Waals surface area contributed by atoms with Crippen LogP contribution in [0.5, 0.6) is 0 Å². The Morgan fingerprint density at radius 1 is 1.42 bits per heavy atom. The molecule has 0 fully saturated rings. The molecule has 1 aromatic carbocycles. The number of aliphatic hydroxyl groups is 1. The Balaban J connectivity index is 2.20. The highest BCUT2D eigenvalue weighted by Gasteiger charge is 2.05. The minimum Gasteiger partial charge on any atom is -0.391 e. The fraction of sp³-hybridized carbons (Fsp3) is 0.462. The molecule has 0 aliphatic carbocycles. The van der Waals surface area contributed by atoms with E-state index in [0.717, 1.165) is 10.0 Å². The Morgan fingerprint density at radius 2 is 2.16 bits per heavy atom. The molecule has 0 spiro atoms. The molecule has 2 amide bonds. The third-order valence-electron chi connectivity index (χ3n) is 2.52. The van der Waals surface area contributed by atoms with Gasteiger partial charge >= 0.3 is 6.03 Å². The molecule has 3 N–H and O–H groups in total. The van der Waals surface area contributed by atoms with Gasteiger partial charge in [0.15, 0.2) is 0 Å². The monoisotopic (exact) mass is 330 g/mol. The smallest absolute Gasteiger partial charge is 0.315 e. The first-order valence-corrected chi connectivity index (χ1v) is 6.85. The van der Waals surface area contributed by atoms with Crippen molar-refractivity contribution in [3.8, 4) is 0 Å².